The highest BCUT2D eigenvalue weighted by molar-refractivity contribution is 7.09. The number of nitrogens with zero attached hydrogens (tertiary/aromatic N) is 3. The Hall–Kier alpha value is -4.33. The van der Waals surface area contributed by atoms with Crippen LogP contribution in [0.15, 0.2) is 35.7 Å². The lowest BCUT2D eigenvalue weighted by atomic mass is 9.96. The van der Waals surface area contributed by atoms with E-state index in [1.807, 2.05) is 58.0 Å². The van der Waals surface area contributed by atoms with E-state index in [0.29, 0.717) is 50.2 Å². The second-order valence-corrected chi connectivity index (χ2v) is 15.0. The summed E-state index contributed by atoms with van der Waals surface area (Å²) in [6.45, 7) is 10.1. The maximum absolute atomic E-state index is 14.3. The van der Waals surface area contributed by atoms with Crippen LogP contribution < -0.4 is 21.3 Å². The Labute approximate surface area is 303 Å². The third-order valence-electron chi connectivity index (χ3n) is 10.6. The molecule has 6 amide bonds. The van der Waals surface area contributed by atoms with Gasteiger partial charge in [-0.05, 0) is 50.0 Å². The molecule has 8 atom stereocenters. The SMILES string of the molecule is CC[C@H](C)[C@@H]1NC(=O)[C@@H]2CCCN2C(=O)[C@H](Cc2ccccc2)NC(=O)[C@H](C)NC(=O)c2csc(n2)[C@H]([C@@H](C)CC)NC(=O)[C@@H]2CCCN2C1=O. The predicted octanol–water partition coefficient (Wildman–Crippen LogP) is 2.72. The average molecular weight is 722 g/mol. The molecule has 14 heteroatoms. The molecule has 4 N–H and O–H groups in total. The zero-order chi connectivity index (χ0) is 36.8. The van der Waals surface area contributed by atoms with E-state index in [9.17, 15) is 28.8 Å². The summed E-state index contributed by atoms with van der Waals surface area (Å²) >= 11 is 1.24. The number of amides is 6. The van der Waals surface area contributed by atoms with Gasteiger partial charge in [0.25, 0.3) is 5.91 Å². The van der Waals surface area contributed by atoms with Gasteiger partial charge in [0.2, 0.25) is 29.5 Å². The van der Waals surface area contributed by atoms with Crippen molar-refractivity contribution in [2.45, 2.75) is 116 Å². The van der Waals surface area contributed by atoms with Crippen LogP contribution in [0, 0.1) is 11.8 Å². The number of thiazole rings is 1. The first-order valence-electron chi connectivity index (χ1n) is 18.3. The number of fused-ring (bicyclic) bond motifs is 4. The Bertz CT molecular complexity index is 1600. The minimum atomic E-state index is -1.02. The van der Waals surface area contributed by atoms with E-state index in [2.05, 4.69) is 26.3 Å². The largest absolute Gasteiger partial charge is 0.345 e. The normalized spacial score (nSPS) is 28.1. The Kier molecular flexibility index (Phi) is 12.5. The fraction of sp³-hybridized carbons (Fsp3) is 0.595. The van der Waals surface area contributed by atoms with Crippen LogP contribution in [0.4, 0.5) is 0 Å². The quantitative estimate of drug-likeness (QED) is 0.356. The van der Waals surface area contributed by atoms with Crippen molar-refractivity contribution in [3.8, 4) is 0 Å². The van der Waals surface area contributed by atoms with Gasteiger partial charge in [-0.2, -0.15) is 0 Å². The first-order chi connectivity index (χ1) is 24.4. The van der Waals surface area contributed by atoms with Crippen LogP contribution in [0.25, 0.3) is 0 Å². The van der Waals surface area contributed by atoms with E-state index in [0.717, 1.165) is 12.0 Å². The molecular weight excluding hydrogens is 671 g/mol. The van der Waals surface area contributed by atoms with Gasteiger partial charge >= 0.3 is 0 Å². The van der Waals surface area contributed by atoms with Crippen LogP contribution in [-0.4, -0.2) is 93.5 Å². The lowest BCUT2D eigenvalue weighted by Gasteiger charge is -2.34. The van der Waals surface area contributed by atoms with Gasteiger partial charge in [-0.1, -0.05) is 70.9 Å². The zero-order valence-corrected chi connectivity index (χ0v) is 31.0. The van der Waals surface area contributed by atoms with Crippen LogP contribution in [0.2, 0.25) is 0 Å². The second-order valence-electron chi connectivity index (χ2n) is 14.1. The molecule has 0 radical (unpaired) electrons. The van der Waals surface area contributed by atoms with Crippen molar-refractivity contribution in [3.05, 3.63) is 52.0 Å². The third kappa shape index (κ3) is 8.59. The van der Waals surface area contributed by atoms with Crippen LogP contribution in [0.3, 0.4) is 0 Å². The van der Waals surface area contributed by atoms with E-state index in [1.54, 1.807) is 10.3 Å². The van der Waals surface area contributed by atoms with E-state index in [-0.39, 0.29) is 35.8 Å². The van der Waals surface area contributed by atoms with Crippen molar-refractivity contribution in [1.29, 1.82) is 0 Å². The minimum Gasteiger partial charge on any atom is -0.345 e. The van der Waals surface area contributed by atoms with Gasteiger partial charge in [-0.15, -0.1) is 11.3 Å². The molecule has 51 heavy (non-hydrogen) atoms. The fourth-order valence-corrected chi connectivity index (χ4v) is 8.05. The number of aromatic nitrogens is 1. The molecule has 2 aromatic rings. The van der Waals surface area contributed by atoms with Crippen LogP contribution >= 0.6 is 11.3 Å². The van der Waals surface area contributed by atoms with Crippen molar-refractivity contribution in [2.24, 2.45) is 11.8 Å². The van der Waals surface area contributed by atoms with Gasteiger partial charge in [0.15, 0.2) is 0 Å². The standard InChI is InChI=1S/C37H51N7O6S/c1-6-21(3)29-35-40-26(20-51-35)32(46)38-23(5)31(45)39-25(19-24-13-9-8-10-14-24)36(49)43-17-11-15-27(43)34(48)42-30(22(4)7-2)37(50)44-18-12-16-28(44)33(47)41-29/h8-10,13-14,20-23,25,27-30H,6-7,11-12,15-19H2,1-5H3,(H,38,46)(H,39,45)(H,41,47)(H,42,48)/t21-,22-,23-,25-,27-,28-,29-,30-/m0/s1. The molecule has 13 nitrogen and oxygen atoms in total. The third-order valence-corrected chi connectivity index (χ3v) is 11.6. The Balaban J connectivity index is 1.52. The Morgan fingerprint density at radius 2 is 1.33 bits per heavy atom. The monoisotopic (exact) mass is 721 g/mol. The minimum absolute atomic E-state index is 0.0338. The molecule has 0 aliphatic carbocycles. The molecule has 3 aliphatic rings. The van der Waals surface area contributed by atoms with Crippen LogP contribution in [-0.2, 0) is 30.4 Å². The molecule has 0 saturated carbocycles. The highest BCUT2D eigenvalue weighted by Gasteiger charge is 2.43. The molecule has 2 fully saturated rings. The number of hydrogen-bond donors (Lipinski definition) is 4. The number of benzene rings is 1. The summed E-state index contributed by atoms with van der Waals surface area (Å²) in [7, 11) is 0. The van der Waals surface area contributed by atoms with E-state index >= 15 is 0 Å². The molecule has 2 bridgehead atoms. The summed E-state index contributed by atoms with van der Waals surface area (Å²) in [5, 5.41) is 13.8. The van der Waals surface area contributed by atoms with Crippen molar-refractivity contribution in [3.63, 3.8) is 0 Å². The molecule has 3 aliphatic heterocycles. The highest BCUT2D eigenvalue weighted by Crippen LogP contribution is 2.30. The summed E-state index contributed by atoms with van der Waals surface area (Å²) in [6.07, 6.45) is 3.59. The van der Waals surface area contributed by atoms with E-state index in [1.165, 1.54) is 23.2 Å². The smallest absolute Gasteiger partial charge is 0.271 e. The first kappa shape index (κ1) is 37.9. The van der Waals surface area contributed by atoms with Gasteiger partial charge in [-0.25, -0.2) is 4.98 Å². The number of nitrogens with one attached hydrogen (secondary N) is 4. The van der Waals surface area contributed by atoms with E-state index in [4.69, 9.17) is 0 Å². The molecular formula is C37H51N7O6S. The molecule has 276 valence electrons. The maximum Gasteiger partial charge on any atom is 0.271 e. The van der Waals surface area contributed by atoms with Crippen molar-refractivity contribution in [2.75, 3.05) is 13.1 Å². The zero-order valence-electron chi connectivity index (χ0n) is 30.1. The van der Waals surface area contributed by atoms with Gasteiger partial charge in [0.1, 0.15) is 40.9 Å². The summed E-state index contributed by atoms with van der Waals surface area (Å²) in [6, 6.07) is 4.26. The Morgan fingerprint density at radius 3 is 1.94 bits per heavy atom. The Morgan fingerprint density at radius 1 is 0.765 bits per heavy atom. The summed E-state index contributed by atoms with van der Waals surface area (Å²) in [4.78, 5) is 91.0. The molecule has 2 saturated heterocycles. The molecule has 0 unspecified atom stereocenters. The van der Waals surface area contributed by atoms with Crippen molar-refractivity contribution < 1.29 is 28.8 Å². The summed E-state index contributed by atoms with van der Waals surface area (Å²) in [5.74, 6) is -2.89. The number of carbonyl (C=O) groups excluding carboxylic acids is 6. The first-order valence-corrected chi connectivity index (χ1v) is 19.1. The molecule has 1 aromatic heterocycles. The molecule has 1 aromatic carbocycles. The van der Waals surface area contributed by atoms with Crippen molar-refractivity contribution >= 4 is 46.8 Å². The summed E-state index contributed by atoms with van der Waals surface area (Å²) in [5.41, 5.74) is 0.925. The van der Waals surface area contributed by atoms with Crippen LogP contribution in [0.1, 0.15) is 100 Å². The molecule has 5 rings (SSSR count). The fourth-order valence-electron chi connectivity index (χ4n) is 7.07. The van der Waals surface area contributed by atoms with Gasteiger partial charge < -0.3 is 31.1 Å². The van der Waals surface area contributed by atoms with Crippen LogP contribution in [0.5, 0.6) is 0 Å². The second kappa shape index (κ2) is 16.8. The van der Waals surface area contributed by atoms with Crippen molar-refractivity contribution in [1.82, 2.24) is 36.1 Å². The van der Waals surface area contributed by atoms with Gasteiger partial charge in [0, 0.05) is 24.9 Å². The number of carbonyl (C=O) groups is 6. The maximum atomic E-state index is 14.3. The lowest BCUT2D eigenvalue weighted by Crippen LogP contribution is -2.60. The highest BCUT2D eigenvalue weighted by atomic mass is 32.1. The molecule has 0 spiro atoms. The average Bonchev–Trinajstić information content (AvgIpc) is 3.93. The predicted molar refractivity (Wildman–Crippen MR) is 192 cm³/mol. The van der Waals surface area contributed by atoms with Gasteiger partial charge in [0.05, 0.1) is 6.04 Å². The number of rotatable bonds is 6. The summed E-state index contributed by atoms with van der Waals surface area (Å²) < 4.78 is 0. The number of hydrogen-bond acceptors (Lipinski definition) is 8. The molecule has 4 heterocycles. The lowest BCUT2D eigenvalue weighted by molar-refractivity contribution is -0.145. The van der Waals surface area contributed by atoms with Gasteiger partial charge in [-0.3, -0.25) is 28.8 Å². The topological polar surface area (TPSA) is 170 Å². The van der Waals surface area contributed by atoms with E-state index < -0.39 is 59.9 Å².